The summed E-state index contributed by atoms with van der Waals surface area (Å²) in [5.41, 5.74) is 3.39. The molecule has 7 heteroatoms. The number of thiazole rings is 1. The average Bonchev–Trinajstić information content (AvgIpc) is 3.25. The number of ether oxygens (including phenoxy) is 2. The van der Waals surface area contributed by atoms with E-state index in [-0.39, 0.29) is 18.2 Å². The molecular formula is C29H44N2O4S. The highest BCUT2D eigenvalue weighted by atomic mass is 32.1. The molecule has 1 aromatic rings. The lowest BCUT2D eigenvalue weighted by Crippen LogP contribution is -2.15. The summed E-state index contributed by atoms with van der Waals surface area (Å²) in [6.45, 7) is 11.1. The molecule has 0 radical (unpaired) electrons. The molecule has 0 amide bonds. The third-order valence-electron chi connectivity index (χ3n) is 5.47. The number of rotatable bonds is 19. The first-order valence-electron chi connectivity index (χ1n) is 12.7. The van der Waals surface area contributed by atoms with Crippen LogP contribution in [-0.4, -0.2) is 55.2 Å². The molecule has 2 atom stereocenters. The molecule has 36 heavy (non-hydrogen) atoms. The van der Waals surface area contributed by atoms with Crippen molar-refractivity contribution in [1.29, 1.82) is 0 Å². The molecule has 2 unspecified atom stereocenters. The second-order valence-corrected chi connectivity index (χ2v) is 10.4. The van der Waals surface area contributed by atoms with Crippen molar-refractivity contribution in [3.05, 3.63) is 64.2 Å². The Morgan fingerprint density at radius 3 is 2.75 bits per heavy atom. The number of nitrogens with zero attached hydrogens (tertiary/aromatic N) is 2. The monoisotopic (exact) mass is 516 g/mol. The van der Waals surface area contributed by atoms with Crippen LogP contribution in [0.5, 0.6) is 0 Å². The zero-order chi connectivity index (χ0) is 26.8. The van der Waals surface area contributed by atoms with Crippen molar-refractivity contribution in [3.63, 3.8) is 0 Å². The van der Waals surface area contributed by atoms with E-state index in [9.17, 15) is 9.59 Å². The third-order valence-corrected chi connectivity index (χ3v) is 6.39. The maximum Gasteiger partial charge on any atom is 0.306 e. The number of likely N-dealkylation sites (N-methyl/N-ethyl adjacent to an activating group) is 1. The predicted octanol–water partition coefficient (Wildman–Crippen LogP) is 6.24. The third kappa shape index (κ3) is 15.5. The van der Waals surface area contributed by atoms with Crippen molar-refractivity contribution in [2.24, 2.45) is 0 Å². The van der Waals surface area contributed by atoms with E-state index in [0.29, 0.717) is 19.3 Å². The Morgan fingerprint density at radius 2 is 2.06 bits per heavy atom. The first kappa shape index (κ1) is 31.5. The zero-order valence-electron chi connectivity index (χ0n) is 22.7. The highest BCUT2D eigenvalue weighted by Crippen LogP contribution is 2.18. The minimum Gasteiger partial charge on any atom is -0.464 e. The molecule has 1 rings (SSSR count). The predicted molar refractivity (Wildman–Crippen MR) is 149 cm³/mol. The van der Waals surface area contributed by atoms with E-state index in [2.05, 4.69) is 42.0 Å². The summed E-state index contributed by atoms with van der Waals surface area (Å²) in [6.07, 6.45) is 15.6. The molecule has 0 bridgehead atoms. The van der Waals surface area contributed by atoms with Gasteiger partial charge in [0.15, 0.2) is 0 Å². The molecule has 1 heterocycles. The smallest absolute Gasteiger partial charge is 0.306 e. The van der Waals surface area contributed by atoms with Crippen molar-refractivity contribution in [2.45, 2.75) is 84.3 Å². The Morgan fingerprint density at radius 1 is 1.28 bits per heavy atom. The summed E-state index contributed by atoms with van der Waals surface area (Å²) in [5, 5.41) is 3.03. The van der Waals surface area contributed by atoms with Gasteiger partial charge in [-0.15, -0.1) is 11.3 Å². The zero-order valence-corrected chi connectivity index (χ0v) is 23.5. The molecule has 6 nitrogen and oxygen atoms in total. The van der Waals surface area contributed by atoms with Crippen LogP contribution >= 0.6 is 11.3 Å². The summed E-state index contributed by atoms with van der Waals surface area (Å²) in [4.78, 5) is 29.9. The van der Waals surface area contributed by atoms with Crippen LogP contribution in [-0.2, 0) is 31.9 Å². The topological polar surface area (TPSA) is 68.7 Å². The quantitative estimate of drug-likeness (QED) is 0.0938. The second kappa shape index (κ2) is 18.7. The molecule has 0 saturated heterocycles. The van der Waals surface area contributed by atoms with Crippen LogP contribution in [0.4, 0.5) is 0 Å². The molecule has 0 fully saturated rings. The van der Waals surface area contributed by atoms with Gasteiger partial charge >= 0.3 is 5.97 Å². The number of hydrogen-bond acceptors (Lipinski definition) is 7. The molecular weight excluding hydrogens is 472 g/mol. The van der Waals surface area contributed by atoms with Crippen LogP contribution in [0.1, 0.15) is 70.0 Å². The van der Waals surface area contributed by atoms with Crippen LogP contribution in [0.2, 0.25) is 0 Å². The molecule has 0 spiro atoms. The number of aryl methyl sites for hydroxylation is 1. The van der Waals surface area contributed by atoms with E-state index in [1.165, 1.54) is 5.57 Å². The summed E-state index contributed by atoms with van der Waals surface area (Å²) in [5.74, 6) is -0.154. The van der Waals surface area contributed by atoms with E-state index < -0.39 is 0 Å². The van der Waals surface area contributed by atoms with Gasteiger partial charge in [0.1, 0.15) is 12.2 Å². The Balaban J connectivity index is 2.37. The van der Waals surface area contributed by atoms with E-state index >= 15 is 0 Å². The highest BCUT2D eigenvalue weighted by Gasteiger charge is 2.14. The molecule has 200 valence electrons. The fourth-order valence-electron chi connectivity index (χ4n) is 3.62. The fourth-order valence-corrected chi connectivity index (χ4v) is 4.51. The normalized spacial score (nSPS) is 14.2. The van der Waals surface area contributed by atoms with Gasteiger partial charge in [-0.05, 0) is 67.0 Å². The number of esters is 1. The highest BCUT2D eigenvalue weighted by molar-refractivity contribution is 7.09. The van der Waals surface area contributed by atoms with E-state index in [4.69, 9.17) is 14.5 Å². The summed E-state index contributed by atoms with van der Waals surface area (Å²) < 4.78 is 10.8. The largest absolute Gasteiger partial charge is 0.464 e. The number of allylic oxidation sites excluding steroid dienone is 5. The van der Waals surface area contributed by atoms with Crippen LogP contribution < -0.4 is 0 Å². The van der Waals surface area contributed by atoms with Crippen LogP contribution in [0.15, 0.2) is 53.5 Å². The first-order valence-corrected chi connectivity index (χ1v) is 13.6. The molecule has 0 aliphatic carbocycles. The Hall–Kier alpha value is -2.51. The molecule has 0 aliphatic rings. The van der Waals surface area contributed by atoms with Gasteiger partial charge in [0.2, 0.25) is 0 Å². The average molecular weight is 517 g/mol. The summed E-state index contributed by atoms with van der Waals surface area (Å²) >= 11 is 1.60. The van der Waals surface area contributed by atoms with Gasteiger partial charge < -0.3 is 14.4 Å². The lowest BCUT2D eigenvalue weighted by atomic mass is 10.1. The molecule has 1 aromatic heterocycles. The Kier molecular flexibility index (Phi) is 16.4. The van der Waals surface area contributed by atoms with E-state index in [0.717, 1.165) is 61.3 Å². The van der Waals surface area contributed by atoms with Gasteiger partial charge in [0.25, 0.3) is 6.47 Å². The van der Waals surface area contributed by atoms with Gasteiger partial charge in [0.05, 0.1) is 10.7 Å². The minimum atomic E-state index is -0.182. The number of hydrogen-bond donors (Lipinski definition) is 0. The molecule has 0 aromatic carbocycles. The minimum absolute atomic E-state index is 0.129. The van der Waals surface area contributed by atoms with E-state index in [1.807, 2.05) is 34.0 Å². The van der Waals surface area contributed by atoms with Crippen molar-refractivity contribution in [2.75, 3.05) is 20.6 Å². The Labute approximate surface area is 221 Å². The van der Waals surface area contributed by atoms with Crippen LogP contribution in [0, 0.1) is 0 Å². The van der Waals surface area contributed by atoms with Gasteiger partial charge in [-0.2, -0.15) is 0 Å². The van der Waals surface area contributed by atoms with E-state index in [1.54, 1.807) is 17.4 Å². The number of carbonyl (C=O) groups is 2. The lowest BCUT2D eigenvalue weighted by Gasteiger charge is -2.13. The summed E-state index contributed by atoms with van der Waals surface area (Å²) in [7, 11) is 4.09. The molecule has 0 N–H and O–H groups in total. The van der Waals surface area contributed by atoms with Crippen LogP contribution in [0.3, 0.4) is 0 Å². The van der Waals surface area contributed by atoms with Gasteiger partial charge in [-0.25, -0.2) is 4.98 Å². The number of aromatic nitrogens is 1. The van der Waals surface area contributed by atoms with Gasteiger partial charge in [-0.1, -0.05) is 48.1 Å². The maximum atomic E-state index is 12.1. The number of carbonyl (C=O) groups excluding carboxylic acids is 2. The molecule has 0 saturated carbocycles. The summed E-state index contributed by atoms with van der Waals surface area (Å²) in [6, 6.07) is 0. The first-order chi connectivity index (χ1) is 17.2. The molecule has 0 aliphatic heterocycles. The lowest BCUT2D eigenvalue weighted by molar-refractivity contribution is -0.148. The van der Waals surface area contributed by atoms with Crippen molar-refractivity contribution >= 4 is 23.8 Å². The standard InChI is InChI=1S/C29H44N2O4S/c1-7-12-24(3)19-25(4)35-29(33)16-11-9-14-26-21-36-28(30-26)20-27(34-22-32)15-10-8-13-23(2)17-18-31(5)6/h7-8,12-13,17,21-22,25,27H,1,9-11,14-16,18-20H2,2-6H3/b13-8+,23-17+,24-12+. The number of unbranched alkanes of at least 4 members (excludes halogenated alkanes) is 1. The van der Waals surface area contributed by atoms with Gasteiger partial charge in [-0.3, -0.25) is 9.59 Å². The van der Waals surface area contributed by atoms with Crippen molar-refractivity contribution < 1.29 is 19.1 Å². The second-order valence-electron chi connectivity index (χ2n) is 9.44. The van der Waals surface area contributed by atoms with Crippen molar-refractivity contribution in [1.82, 2.24) is 9.88 Å². The van der Waals surface area contributed by atoms with Crippen LogP contribution in [0.25, 0.3) is 0 Å². The maximum absolute atomic E-state index is 12.1. The fraction of sp³-hybridized carbons (Fsp3) is 0.552. The Bertz CT molecular complexity index is 886. The van der Waals surface area contributed by atoms with Gasteiger partial charge in [0, 0.05) is 31.2 Å². The van der Waals surface area contributed by atoms with Crippen molar-refractivity contribution in [3.8, 4) is 0 Å². The SMILES string of the molecule is C=C/C=C(\C)CC(C)OC(=O)CCCCc1csc(CC(CC/C=C/C(C)=C/CN(C)C)OC=O)n1.